The third kappa shape index (κ3) is 1.94. The minimum atomic E-state index is -0.164. The standard InChI is InChI=1S/C11H12ClN3O/c1-2-10-13-5-6-15(10)11-4-3-8(12)9(7-16)14-11/h3-6,16H,2,7H2,1H3. The molecule has 0 fully saturated rings. The highest BCUT2D eigenvalue weighted by atomic mass is 35.5. The van der Waals surface area contributed by atoms with Crippen molar-refractivity contribution in [2.24, 2.45) is 0 Å². The first-order valence-electron chi connectivity index (χ1n) is 5.05. The first kappa shape index (κ1) is 11.1. The second-order valence-electron chi connectivity index (χ2n) is 3.32. The Balaban J connectivity index is 2.48. The molecule has 0 amide bonds. The SMILES string of the molecule is CCc1nccn1-c1ccc(Cl)c(CO)n1. The lowest BCUT2D eigenvalue weighted by atomic mass is 10.3. The summed E-state index contributed by atoms with van der Waals surface area (Å²) < 4.78 is 1.88. The van der Waals surface area contributed by atoms with Gasteiger partial charge in [-0.15, -0.1) is 0 Å². The Morgan fingerprint density at radius 1 is 1.44 bits per heavy atom. The predicted octanol–water partition coefficient (Wildman–Crippen LogP) is 1.98. The maximum atomic E-state index is 9.10. The van der Waals surface area contributed by atoms with Crippen molar-refractivity contribution in [3.05, 3.63) is 41.1 Å². The third-order valence-electron chi connectivity index (χ3n) is 2.33. The molecule has 2 heterocycles. The smallest absolute Gasteiger partial charge is 0.138 e. The van der Waals surface area contributed by atoms with E-state index in [2.05, 4.69) is 9.97 Å². The summed E-state index contributed by atoms with van der Waals surface area (Å²) in [5.41, 5.74) is 0.481. The van der Waals surface area contributed by atoms with Crippen molar-refractivity contribution in [2.45, 2.75) is 20.0 Å². The van der Waals surface area contributed by atoms with Gasteiger partial charge in [0.05, 0.1) is 17.3 Å². The summed E-state index contributed by atoms with van der Waals surface area (Å²) in [6.07, 6.45) is 4.40. The first-order valence-corrected chi connectivity index (χ1v) is 5.43. The van der Waals surface area contributed by atoms with Crippen LogP contribution in [0.25, 0.3) is 5.82 Å². The van der Waals surface area contributed by atoms with Crippen molar-refractivity contribution in [1.29, 1.82) is 0 Å². The van der Waals surface area contributed by atoms with E-state index in [1.54, 1.807) is 12.3 Å². The Morgan fingerprint density at radius 2 is 2.25 bits per heavy atom. The number of aliphatic hydroxyl groups excluding tert-OH is 1. The molecule has 0 saturated heterocycles. The minimum Gasteiger partial charge on any atom is -0.390 e. The molecule has 2 aromatic heterocycles. The lowest BCUT2D eigenvalue weighted by molar-refractivity contribution is 0.277. The van der Waals surface area contributed by atoms with Gasteiger partial charge in [-0.25, -0.2) is 9.97 Å². The van der Waals surface area contributed by atoms with E-state index in [4.69, 9.17) is 16.7 Å². The number of nitrogens with zero attached hydrogens (tertiary/aromatic N) is 3. The Kier molecular flexibility index (Phi) is 3.22. The number of aromatic nitrogens is 3. The summed E-state index contributed by atoms with van der Waals surface area (Å²) in [5.74, 6) is 1.65. The summed E-state index contributed by atoms with van der Waals surface area (Å²) in [7, 11) is 0. The number of imidazole rings is 1. The molecule has 16 heavy (non-hydrogen) atoms. The molecule has 0 bridgehead atoms. The molecule has 2 rings (SSSR count). The number of aryl methyl sites for hydroxylation is 1. The van der Waals surface area contributed by atoms with E-state index in [-0.39, 0.29) is 6.61 Å². The van der Waals surface area contributed by atoms with E-state index in [0.717, 1.165) is 18.1 Å². The molecule has 0 aliphatic carbocycles. The van der Waals surface area contributed by atoms with Crippen molar-refractivity contribution in [3.63, 3.8) is 0 Å². The fraction of sp³-hybridized carbons (Fsp3) is 0.273. The van der Waals surface area contributed by atoms with Gasteiger partial charge in [0.1, 0.15) is 11.6 Å². The summed E-state index contributed by atoms with van der Waals surface area (Å²) in [5, 5.41) is 9.57. The number of pyridine rings is 1. The van der Waals surface area contributed by atoms with E-state index < -0.39 is 0 Å². The van der Waals surface area contributed by atoms with E-state index in [0.29, 0.717) is 10.7 Å². The number of halogens is 1. The van der Waals surface area contributed by atoms with Gasteiger partial charge >= 0.3 is 0 Å². The van der Waals surface area contributed by atoms with Crippen LogP contribution in [0.5, 0.6) is 0 Å². The Hall–Kier alpha value is -1.39. The number of aliphatic hydroxyl groups is 1. The summed E-state index contributed by atoms with van der Waals surface area (Å²) in [4.78, 5) is 8.50. The second kappa shape index (κ2) is 4.63. The fourth-order valence-corrected chi connectivity index (χ4v) is 1.69. The van der Waals surface area contributed by atoms with Crippen LogP contribution in [0.2, 0.25) is 5.02 Å². The van der Waals surface area contributed by atoms with Crippen LogP contribution in [0.4, 0.5) is 0 Å². The largest absolute Gasteiger partial charge is 0.390 e. The molecule has 0 unspecified atom stereocenters. The van der Waals surface area contributed by atoms with Crippen LogP contribution in [0.15, 0.2) is 24.5 Å². The number of hydrogen-bond acceptors (Lipinski definition) is 3. The number of hydrogen-bond donors (Lipinski definition) is 1. The zero-order valence-electron chi connectivity index (χ0n) is 8.89. The van der Waals surface area contributed by atoms with Crippen molar-refractivity contribution in [3.8, 4) is 5.82 Å². The van der Waals surface area contributed by atoms with Crippen molar-refractivity contribution >= 4 is 11.6 Å². The van der Waals surface area contributed by atoms with E-state index in [1.165, 1.54) is 0 Å². The average molecular weight is 238 g/mol. The van der Waals surface area contributed by atoms with Crippen LogP contribution in [0.3, 0.4) is 0 Å². The maximum Gasteiger partial charge on any atom is 0.138 e. The quantitative estimate of drug-likeness (QED) is 0.888. The van der Waals surface area contributed by atoms with Gasteiger partial charge in [-0.05, 0) is 12.1 Å². The van der Waals surface area contributed by atoms with Crippen LogP contribution in [-0.4, -0.2) is 19.6 Å². The third-order valence-corrected chi connectivity index (χ3v) is 2.68. The molecular formula is C11H12ClN3O. The van der Waals surface area contributed by atoms with E-state index in [1.807, 2.05) is 23.8 Å². The predicted molar refractivity (Wildman–Crippen MR) is 61.7 cm³/mol. The molecule has 5 heteroatoms. The molecule has 4 nitrogen and oxygen atoms in total. The molecule has 2 aromatic rings. The summed E-state index contributed by atoms with van der Waals surface area (Å²) in [6, 6.07) is 3.54. The molecule has 84 valence electrons. The highest BCUT2D eigenvalue weighted by Crippen LogP contribution is 2.17. The highest BCUT2D eigenvalue weighted by molar-refractivity contribution is 6.31. The van der Waals surface area contributed by atoms with Crippen molar-refractivity contribution < 1.29 is 5.11 Å². The van der Waals surface area contributed by atoms with E-state index in [9.17, 15) is 0 Å². The van der Waals surface area contributed by atoms with E-state index >= 15 is 0 Å². The topological polar surface area (TPSA) is 50.9 Å². The molecular weight excluding hydrogens is 226 g/mol. The zero-order chi connectivity index (χ0) is 11.5. The zero-order valence-corrected chi connectivity index (χ0v) is 9.65. The molecule has 0 aromatic carbocycles. The Labute approximate surface area is 98.5 Å². The van der Waals surface area contributed by atoms with Gasteiger partial charge < -0.3 is 5.11 Å². The van der Waals surface area contributed by atoms with Crippen LogP contribution in [0.1, 0.15) is 18.4 Å². The van der Waals surface area contributed by atoms with Gasteiger partial charge in [-0.1, -0.05) is 18.5 Å². The average Bonchev–Trinajstić information content (AvgIpc) is 2.78. The van der Waals surface area contributed by atoms with Crippen LogP contribution in [0, 0.1) is 0 Å². The monoisotopic (exact) mass is 237 g/mol. The second-order valence-corrected chi connectivity index (χ2v) is 3.73. The normalized spacial score (nSPS) is 10.7. The Bertz CT molecular complexity index is 496. The molecule has 0 saturated carbocycles. The van der Waals surface area contributed by atoms with Gasteiger partial charge in [0, 0.05) is 18.8 Å². The molecule has 0 atom stereocenters. The molecule has 0 aliphatic heterocycles. The minimum absolute atomic E-state index is 0.164. The van der Waals surface area contributed by atoms with Crippen LogP contribution < -0.4 is 0 Å². The van der Waals surface area contributed by atoms with Crippen LogP contribution >= 0.6 is 11.6 Å². The maximum absolute atomic E-state index is 9.10. The Morgan fingerprint density at radius 3 is 2.94 bits per heavy atom. The van der Waals surface area contributed by atoms with Crippen LogP contribution in [-0.2, 0) is 13.0 Å². The number of rotatable bonds is 3. The molecule has 1 N–H and O–H groups in total. The van der Waals surface area contributed by atoms with Gasteiger partial charge in [0.15, 0.2) is 0 Å². The highest BCUT2D eigenvalue weighted by Gasteiger charge is 2.07. The summed E-state index contributed by atoms with van der Waals surface area (Å²) >= 11 is 5.88. The molecule has 0 spiro atoms. The lowest BCUT2D eigenvalue weighted by Gasteiger charge is -2.07. The van der Waals surface area contributed by atoms with Gasteiger partial charge in [0.25, 0.3) is 0 Å². The van der Waals surface area contributed by atoms with Gasteiger partial charge in [-0.3, -0.25) is 4.57 Å². The fourth-order valence-electron chi connectivity index (χ4n) is 1.52. The molecule has 0 aliphatic rings. The van der Waals surface area contributed by atoms with Crippen molar-refractivity contribution in [1.82, 2.24) is 14.5 Å². The van der Waals surface area contributed by atoms with Gasteiger partial charge in [-0.2, -0.15) is 0 Å². The molecule has 0 radical (unpaired) electrons. The van der Waals surface area contributed by atoms with Gasteiger partial charge in [0.2, 0.25) is 0 Å². The first-order chi connectivity index (χ1) is 7.76. The summed E-state index contributed by atoms with van der Waals surface area (Å²) in [6.45, 7) is 1.87. The lowest BCUT2D eigenvalue weighted by Crippen LogP contribution is -2.03. The van der Waals surface area contributed by atoms with Crippen molar-refractivity contribution in [2.75, 3.05) is 0 Å².